The van der Waals surface area contributed by atoms with Crippen LogP contribution in [0.1, 0.15) is 32.3 Å². The number of carbonyl (C=O) groups is 1. The van der Waals surface area contributed by atoms with E-state index in [1.165, 1.54) is 0 Å². The Balaban J connectivity index is 2.54. The maximum absolute atomic E-state index is 11.6. The van der Waals surface area contributed by atoms with Crippen molar-refractivity contribution in [2.75, 3.05) is 13.1 Å². The number of hydrogen-bond donors (Lipinski definition) is 2. The summed E-state index contributed by atoms with van der Waals surface area (Å²) in [6, 6.07) is 3.79. The zero-order valence-corrected chi connectivity index (χ0v) is 13.0. The van der Waals surface area contributed by atoms with Crippen LogP contribution in [-0.2, 0) is 4.74 Å². The van der Waals surface area contributed by atoms with Crippen molar-refractivity contribution >= 4 is 22.0 Å². The van der Waals surface area contributed by atoms with Gasteiger partial charge in [-0.15, -0.1) is 0 Å². The lowest BCUT2D eigenvalue weighted by Gasteiger charge is -2.21. The van der Waals surface area contributed by atoms with Crippen molar-refractivity contribution in [2.45, 2.75) is 32.3 Å². The second-order valence-corrected chi connectivity index (χ2v) is 6.04. The van der Waals surface area contributed by atoms with Gasteiger partial charge in [0.1, 0.15) is 10.2 Å². The quantitative estimate of drug-likeness (QED) is 0.831. The van der Waals surface area contributed by atoms with E-state index in [-0.39, 0.29) is 5.92 Å². The van der Waals surface area contributed by atoms with Crippen LogP contribution in [0.25, 0.3) is 0 Å². The Hall–Kier alpha value is -1.14. The van der Waals surface area contributed by atoms with Gasteiger partial charge in [0.2, 0.25) is 0 Å². The average Bonchev–Trinajstić information content (AvgIpc) is 2.29. The normalized spacial score (nSPS) is 12.9. The van der Waals surface area contributed by atoms with Crippen molar-refractivity contribution in [3.05, 3.63) is 28.5 Å². The molecule has 0 bridgehead atoms. The van der Waals surface area contributed by atoms with Crippen molar-refractivity contribution in [1.29, 1.82) is 0 Å². The van der Waals surface area contributed by atoms with Crippen LogP contribution in [0.2, 0.25) is 0 Å². The fourth-order valence-electron chi connectivity index (χ4n) is 1.49. The summed E-state index contributed by atoms with van der Waals surface area (Å²) in [4.78, 5) is 15.7. The number of rotatable bonds is 4. The fraction of sp³-hybridized carbons (Fsp3) is 0.538. The Morgan fingerprint density at radius 3 is 2.68 bits per heavy atom. The predicted molar refractivity (Wildman–Crippen MR) is 78.0 cm³/mol. The molecule has 1 aromatic rings. The molecule has 0 aliphatic rings. The Morgan fingerprint density at radius 2 is 2.21 bits per heavy atom. The second kappa shape index (κ2) is 6.86. The molecular formula is C13H20BrN3O2. The van der Waals surface area contributed by atoms with Crippen molar-refractivity contribution in [2.24, 2.45) is 5.73 Å². The molecule has 0 aliphatic heterocycles. The molecule has 3 N–H and O–H groups in total. The molecule has 1 heterocycles. The number of alkyl carbamates (subject to hydrolysis) is 1. The minimum Gasteiger partial charge on any atom is -0.444 e. The summed E-state index contributed by atoms with van der Waals surface area (Å²) >= 11 is 3.28. The molecule has 0 fully saturated rings. The van der Waals surface area contributed by atoms with Gasteiger partial charge in [0.05, 0.1) is 0 Å². The van der Waals surface area contributed by atoms with Crippen LogP contribution >= 0.6 is 15.9 Å². The van der Waals surface area contributed by atoms with Gasteiger partial charge < -0.3 is 15.8 Å². The number of carbonyl (C=O) groups excluding carboxylic acids is 1. The predicted octanol–water partition coefficient (Wildman–Crippen LogP) is 2.41. The number of hydrogen-bond acceptors (Lipinski definition) is 4. The number of ether oxygens (including phenoxy) is 1. The molecule has 1 aromatic heterocycles. The van der Waals surface area contributed by atoms with Gasteiger partial charge in [0, 0.05) is 25.2 Å². The van der Waals surface area contributed by atoms with Gasteiger partial charge in [-0.25, -0.2) is 9.78 Å². The molecule has 6 heteroatoms. The third-order valence-corrected chi connectivity index (χ3v) is 2.87. The number of nitrogens with one attached hydrogen (secondary N) is 1. The smallest absolute Gasteiger partial charge is 0.407 e. The number of halogens is 1. The number of pyridine rings is 1. The van der Waals surface area contributed by atoms with Gasteiger partial charge in [-0.05, 0) is 48.3 Å². The summed E-state index contributed by atoms with van der Waals surface area (Å²) in [5.41, 5.74) is 6.21. The van der Waals surface area contributed by atoms with E-state index in [2.05, 4.69) is 26.2 Å². The Morgan fingerprint density at radius 1 is 1.53 bits per heavy atom. The molecule has 5 nitrogen and oxygen atoms in total. The molecule has 106 valence electrons. The van der Waals surface area contributed by atoms with E-state index in [0.29, 0.717) is 13.1 Å². The standard InChI is InChI=1S/C13H20BrN3O2/c1-13(2,3)19-12(18)17-8-10(6-15)9-4-5-11(14)16-7-9/h4-5,7,10H,6,8,15H2,1-3H3,(H,17,18). The summed E-state index contributed by atoms with van der Waals surface area (Å²) in [5.74, 6) is 0.0214. The number of nitrogens with zero attached hydrogens (tertiary/aromatic N) is 1. The van der Waals surface area contributed by atoms with Crippen LogP contribution in [-0.4, -0.2) is 29.8 Å². The fourth-order valence-corrected chi connectivity index (χ4v) is 1.72. The van der Waals surface area contributed by atoms with Crippen molar-refractivity contribution < 1.29 is 9.53 Å². The first kappa shape index (κ1) is 15.9. The number of aromatic nitrogens is 1. The maximum atomic E-state index is 11.6. The molecule has 1 unspecified atom stereocenters. The highest BCUT2D eigenvalue weighted by Gasteiger charge is 2.17. The molecule has 0 aromatic carbocycles. The molecule has 1 atom stereocenters. The molecule has 0 aliphatic carbocycles. The Kier molecular flexibility index (Phi) is 5.75. The highest BCUT2D eigenvalue weighted by atomic mass is 79.9. The molecule has 1 amide bonds. The second-order valence-electron chi connectivity index (χ2n) is 5.23. The molecule has 1 rings (SSSR count). The number of amides is 1. The zero-order valence-electron chi connectivity index (χ0n) is 11.4. The zero-order chi connectivity index (χ0) is 14.5. The van der Waals surface area contributed by atoms with Crippen molar-refractivity contribution in [3.63, 3.8) is 0 Å². The third-order valence-electron chi connectivity index (χ3n) is 2.40. The number of nitrogens with two attached hydrogens (primary N) is 1. The molecule has 0 radical (unpaired) electrons. The maximum Gasteiger partial charge on any atom is 0.407 e. The van der Waals surface area contributed by atoms with Crippen LogP contribution in [0, 0.1) is 0 Å². The van der Waals surface area contributed by atoms with E-state index in [1.54, 1.807) is 6.20 Å². The van der Waals surface area contributed by atoms with Crippen molar-refractivity contribution in [1.82, 2.24) is 10.3 Å². The summed E-state index contributed by atoms with van der Waals surface area (Å²) in [5, 5.41) is 2.72. The summed E-state index contributed by atoms with van der Waals surface area (Å²) in [7, 11) is 0. The SMILES string of the molecule is CC(C)(C)OC(=O)NCC(CN)c1ccc(Br)nc1. The van der Waals surface area contributed by atoms with E-state index in [1.807, 2.05) is 32.9 Å². The van der Waals surface area contributed by atoms with E-state index >= 15 is 0 Å². The Labute approximate surface area is 122 Å². The van der Waals surface area contributed by atoms with Crippen LogP contribution in [0.3, 0.4) is 0 Å². The van der Waals surface area contributed by atoms with Gasteiger partial charge in [-0.3, -0.25) is 0 Å². The minimum atomic E-state index is -0.499. The Bertz CT molecular complexity index is 415. The van der Waals surface area contributed by atoms with Crippen molar-refractivity contribution in [3.8, 4) is 0 Å². The van der Waals surface area contributed by atoms with Crippen LogP contribution in [0.15, 0.2) is 22.9 Å². The summed E-state index contributed by atoms with van der Waals surface area (Å²) in [6.07, 6.45) is 1.31. The van der Waals surface area contributed by atoms with E-state index < -0.39 is 11.7 Å². The topological polar surface area (TPSA) is 77.2 Å². The largest absolute Gasteiger partial charge is 0.444 e. The van der Waals surface area contributed by atoms with Crippen LogP contribution in [0.5, 0.6) is 0 Å². The molecule has 0 saturated heterocycles. The molecule has 19 heavy (non-hydrogen) atoms. The van der Waals surface area contributed by atoms with E-state index in [4.69, 9.17) is 10.5 Å². The lowest BCUT2D eigenvalue weighted by atomic mass is 10.0. The summed E-state index contributed by atoms with van der Waals surface area (Å²) in [6.45, 7) is 6.33. The van der Waals surface area contributed by atoms with Gasteiger partial charge >= 0.3 is 6.09 Å². The first-order valence-corrected chi connectivity index (χ1v) is 6.89. The third kappa shape index (κ3) is 6.02. The molecule has 0 saturated carbocycles. The minimum absolute atomic E-state index is 0.0214. The first-order chi connectivity index (χ1) is 8.81. The van der Waals surface area contributed by atoms with Gasteiger partial charge in [-0.2, -0.15) is 0 Å². The van der Waals surface area contributed by atoms with Crippen LogP contribution in [0.4, 0.5) is 4.79 Å². The summed E-state index contributed by atoms with van der Waals surface area (Å²) < 4.78 is 5.94. The van der Waals surface area contributed by atoms with E-state index in [9.17, 15) is 4.79 Å². The lowest BCUT2D eigenvalue weighted by Crippen LogP contribution is -2.36. The van der Waals surface area contributed by atoms with E-state index in [0.717, 1.165) is 10.2 Å². The monoisotopic (exact) mass is 329 g/mol. The van der Waals surface area contributed by atoms with Gasteiger partial charge in [0.25, 0.3) is 0 Å². The van der Waals surface area contributed by atoms with Gasteiger partial charge in [0.15, 0.2) is 0 Å². The lowest BCUT2D eigenvalue weighted by molar-refractivity contribution is 0.0525. The highest BCUT2D eigenvalue weighted by Crippen LogP contribution is 2.15. The molecular weight excluding hydrogens is 310 g/mol. The van der Waals surface area contributed by atoms with Crippen LogP contribution < -0.4 is 11.1 Å². The van der Waals surface area contributed by atoms with Gasteiger partial charge in [-0.1, -0.05) is 6.07 Å². The first-order valence-electron chi connectivity index (χ1n) is 6.10. The average molecular weight is 330 g/mol. The highest BCUT2D eigenvalue weighted by molar-refractivity contribution is 9.10. The molecule has 0 spiro atoms.